The molecule has 1 fully saturated rings. The average molecular weight is 508 g/mol. The van der Waals surface area contributed by atoms with Crippen molar-refractivity contribution in [2.75, 3.05) is 25.3 Å². The van der Waals surface area contributed by atoms with E-state index in [4.69, 9.17) is 32.7 Å². The fourth-order valence-corrected chi connectivity index (χ4v) is 5.27. The van der Waals surface area contributed by atoms with E-state index in [0.29, 0.717) is 41.0 Å². The Labute approximate surface area is 202 Å². The molecule has 10 heteroatoms. The van der Waals surface area contributed by atoms with Crippen molar-refractivity contribution in [3.63, 3.8) is 0 Å². The van der Waals surface area contributed by atoms with Crippen molar-refractivity contribution in [3.8, 4) is 23.3 Å². The van der Waals surface area contributed by atoms with Crippen molar-refractivity contribution < 1.29 is 17.9 Å². The molecule has 33 heavy (non-hydrogen) atoms. The first-order valence-corrected chi connectivity index (χ1v) is 13.2. The molecular weight excluding hydrogens is 485 g/mol. The Balaban J connectivity index is 1.51. The van der Waals surface area contributed by atoms with Crippen molar-refractivity contribution in [2.45, 2.75) is 24.8 Å². The lowest BCUT2D eigenvalue weighted by molar-refractivity contribution is 0.289. The number of benzene rings is 2. The molecule has 4 rings (SSSR count). The van der Waals surface area contributed by atoms with Gasteiger partial charge in [-0.1, -0.05) is 11.6 Å². The van der Waals surface area contributed by atoms with Crippen LogP contribution < -0.4 is 14.2 Å². The van der Waals surface area contributed by atoms with Crippen molar-refractivity contribution in [3.05, 3.63) is 53.2 Å². The van der Waals surface area contributed by atoms with Crippen LogP contribution in [0, 0.1) is 11.3 Å². The molecule has 1 N–H and O–H groups in total. The maximum atomic E-state index is 11.5. The van der Waals surface area contributed by atoms with Crippen LogP contribution in [0.15, 0.2) is 42.6 Å². The van der Waals surface area contributed by atoms with Crippen LogP contribution in [-0.2, 0) is 10.0 Å². The standard InChI is InChI=1S/C23H23Cl2N3O4S/c1-33(29,30)27-23(5-6-23)7-10-31-19-2-3-21-16(13-19)4-9-28(21)18-12-17(15-26)22(20(25)14-18)32-11-8-24/h2-4,9,12-14,27H,5-8,10-11H2,1H3. The molecule has 0 saturated heterocycles. The summed E-state index contributed by atoms with van der Waals surface area (Å²) in [4.78, 5) is 0. The van der Waals surface area contributed by atoms with E-state index in [2.05, 4.69) is 10.8 Å². The number of nitriles is 1. The highest BCUT2D eigenvalue weighted by atomic mass is 35.5. The molecule has 1 aliphatic rings. The third-order valence-electron chi connectivity index (χ3n) is 5.52. The molecule has 0 atom stereocenters. The minimum absolute atomic E-state index is 0.260. The summed E-state index contributed by atoms with van der Waals surface area (Å²) < 4.78 is 39.1. The number of sulfonamides is 1. The second-order valence-corrected chi connectivity index (χ2v) is 10.6. The highest BCUT2D eigenvalue weighted by Gasteiger charge is 2.44. The van der Waals surface area contributed by atoms with E-state index in [-0.39, 0.29) is 12.1 Å². The zero-order valence-electron chi connectivity index (χ0n) is 18.0. The van der Waals surface area contributed by atoms with Gasteiger partial charge in [0.15, 0.2) is 5.75 Å². The van der Waals surface area contributed by atoms with Gasteiger partial charge in [0.25, 0.3) is 0 Å². The lowest BCUT2D eigenvalue weighted by atomic mass is 10.2. The van der Waals surface area contributed by atoms with Crippen molar-refractivity contribution >= 4 is 44.1 Å². The van der Waals surface area contributed by atoms with Gasteiger partial charge in [-0.2, -0.15) is 5.26 Å². The van der Waals surface area contributed by atoms with E-state index in [1.807, 2.05) is 35.0 Å². The van der Waals surface area contributed by atoms with E-state index in [1.165, 1.54) is 6.26 Å². The topological polar surface area (TPSA) is 93.3 Å². The second kappa shape index (κ2) is 9.43. The Bertz CT molecular complexity index is 1330. The summed E-state index contributed by atoms with van der Waals surface area (Å²) in [5.41, 5.74) is 1.63. The minimum Gasteiger partial charge on any atom is -0.494 e. The zero-order valence-corrected chi connectivity index (χ0v) is 20.3. The number of fused-ring (bicyclic) bond motifs is 1. The molecule has 0 unspecified atom stereocenters. The van der Waals surface area contributed by atoms with Gasteiger partial charge in [0, 0.05) is 29.2 Å². The first kappa shape index (κ1) is 23.7. The number of nitrogens with one attached hydrogen (secondary N) is 1. The summed E-state index contributed by atoms with van der Waals surface area (Å²) in [7, 11) is -3.23. The van der Waals surface area contributed by atoms with Gasteiger partial charge in [0.05, 0.1) is 34.8 Å². The maximum Gasteiger partial charge on any atom is 0.209 e. The van der Waals surface area contributed by atoms with Crippen LogP contribution in [-0.4, -0.2) is 43.9 Å². The summed E-state index contributed by atoms with van der Waals surface area (Å²) in [5, 5.41) is 10.8. The van der Waals surface area contributed by atoms with Crippen LogP contribution in [0.2, 0.25) is 5.02 Å². The number of alkyl halides is 1. The summed E-state index contributed by atoms with van der Waals surface area (Å²) >= 11 is 12.1. The molecule has 1 aromatic heterocycles. The summed E-state index contributed by atoms with van der Waals surface area (Å²) in [6, 6.07) is 13.3. The van der Waals surface area contributed by atoms with Crippen LogP contribution >= 0.6 is 23.2 Å². The summed E-state index contributed by atoms with van der Waals surface area (Å²) in [5.74, 6) is 1.33. The molecule has 0 aliphatic heterocycles. The summed E-state index contributed by atoms with van der Waals surface area (Å²) in [6.45, 7) is 0.676. The van der Waals surface area contributed by atoms with Crippen molar-refractivity contribution in [2.24, 2.45) is 0 Å². The van der Waals surface area contributed by atoms with Crippen LogP contribution in [0.25, 0.3) is 16.6 Å². The Morgan fingerprint density at radius 2 is 1.97 bits per heavy atom. The van der Waals surface area contributed by atoms with E-state index in [9.17, 15) is 13.7 Å². The predicted molar refractivity (Wildman–Crippen MR) is 129 cm³/mol. The van der Waals surface area contributed by atoms with Gasteiger partial charge in [0.1, 0.15) is 18.4 Å². The molecule has 174 valence electrons. The van der Waals surface area contributed by atoms with Gasteiger partial charge in [0.2, 0.25) is 10.0 Å². The highest BCUT2D eigenvalue weighted by Crippen LogP contribution is 2.39. The number of ether oxygens (including phenoxy) is 2. The van der Waals surface area contributed by atoms with Gasteiger partial charge >= 0.3 is 0 Å². The minimum atomic E-state index is -3.23. The Morgan fingerprint density at radius 3 is 2.64 bits per heavy atom. The zero-order chi connectivity index (χ0) is 23.6. The fraction of sp³-hybridized carbons (Fsp3) is 0.348. The quantitative estimate of drug-likeness (QED) is 0.404. The van der Waals surface area contributed by atoms with Crippen LogP contribution in [0.5, 0.6) is 11.5 Å². The molecule has 3 aromatic rings. The average Bonchev–Trinajstić information content (AvgIpc) is 3.37. The Hall–Kier alpha value is -2.44. The molecule has 0 amide bonds. The molecule has 1 aliphatic carbocycles. The van der Waals surface area contributed by atoms with Gasteiger partial charge < -0.3 is 14.0 Å². The predicted octanol–water partition coefficient (Wildman–Crippen LogP) is 4.62. The molecule has 0 spiro atoms. The molecular formula is C23H23Cl2N3O4S. The van der Waals surface area contributed by atoms with Crippen LogP contribution in [0.4, 0.5) is 0 Å². The number of hydrogen-bond acceptors (Lipinski definition) is 5. The molecule has 1 heterocycles. The Morgan fingerprint density at radius 1 is 1.18 bits per heavy atom. The lowest BCUT2D eigenvalue weighted by Gasteiger charge is -2.16. The summed E-state index contributed by atoms with van der Waals surface area (Å²) in [6.07, 6.45) is 5.35. The normalized spacial score (nSPS) is 14.7. The van der Waals surface area contributed by atoms with Gasteiger partial charge in [-0.3, -0.25) is 0 Å². The van der Waals surface area contributed by atoms with E-state index in [1.54, 1.807) is 12.1 Å². The van der Waals surface area contributed by atoms with E-state index in [0.717, 1.165) is 29.4 Å². The molecule has 1 saturated carbocycles. The second-order valence-electron chi connectivity index (χ2n) is 8.11. The van der Waals surface area contributed by atoms with Crippen molar-refractivity contribution in [1.29, 1.82) is 5.26 Å². The van der Waals surface area contributed by atoms with Crippen LogP contribution in [0.3, 0.4) is 0 Å². The smallest absolute Gasteiger partial charge is 0.209 e. The monoisotopic (exact) mass is 507 g/mol. The molecule has 0 bridgehead atoms. The highest BCUT2D eigenvalue weighted by molar-refractivity contribution is 7.88. The van der Waals surface area contributed by atoms with Crippen molar-refractivity contribution in [1.82, 2.24) is 9.29 Å². The van der Waals surface area contributed by atoms with E-state index < -0.39 is 10.0 Å². The third kappa shape index (κ3) is 5.56. The third-order valence-corrected chi connectivity index (χ3v) is 6.76. The Kier molecular flexibility index (Phi) is 6.78. The number of rotatable bonds is 10. The van der Waals surface area contributed by atoms with E-state index >= 15 is 0 Å². The number of halogens is 2. The number of nitrogens with zero attached hydrogens (tertiary/aromatic N) is 2. The largest absolute Gasteiger partial charge is 0.494 e. The SMILES string of the molecule is CS(=O)(=O)NC1(CCOc2ccc3c(ccn3-c3cc(Cl)c(OCCCl)c(C#N)c3)c2)CC1. The first-order valence-electron chi connectivity index (χ1n) is 10.4. The number of aromatic nitrogens is 1. The molecule has 2 aromatic carbocycles. The van der Waals surface area contributed by atoms with Gasteiger partial charge in [-0.05, 0) is 49.2 Å². The van der Waals surface area contributed by atoms with Crippen LogP contribution in [0.1, 0.15) is 24.8 Å². The molecule has 7 nitrogen and oxygen atoms in total. The van der Waals surface area contributed by atoms with Gasteiger partial charge in [-0.15, -0.1) is 11.6 Å². The maximum absolute atomic E-state index is 11.5. The number of hydrogen-bond donors (Lipinski definition) is 1. The first-order chi connectivity index (χ1) is 15.7. The molecule has 0 radical (unpaired) electrons. The fourth-order valence-electron chi connectivity index (χ4n) is 3.84. The lowest BCUT2D eigenvalue weighted by Crippen LogP contribution is -2.37. The van der Waals surface area contributed by atoms with Gasteiger partial charge in [-0.25, -0.2) is 13.1 Å².